The monoisotopic (exact) mass is 347 g/mol. The number of anilines is 1. The molecule has 1 aromatic heterocycles. The Kier molecular flexibility index (Phi) is 5.70. The molecule has 2 N–H and O–H groups in total. The fourth-order valence-corrected chi connectivity index (χ4v) is 4.49. The van der Waals surface area contributed by atoms with Gasteiger partial charge in [0.15, 0.2) is 5.13 Å². The van der Waals surface area contributed by atoms with E-state index in [2.05, 4.69) is 28.6 Å². The number of amides is 1. The van der Waals surface area contributed by atoms with Crippen LogP contribution in [0.25, 0.3) is 0 Å². The molecule has 1 saturated heterocycles. The van der Waals surface area contributed by atoms with Crippen LogP contribution in [0.1, 0.15) is 29.2 Å². The van der Waals surface area contributed by atoms with E-state index in [1.807, 2.05) is 24.4 Å². The van der Waals surface area contributed by atoms with Crippen LogP contribution in [-0.4, -0.2) is 29.7 Å². The number of benzene rings is 1. The molecule has 1 aliphatic rings. The van der Waals surface area contributed by atoms with E-state index in [4.69, 9.17) is 0 Å². The molecule has 2 aromatic rings. The molecule has 122 valence electrons. The normalized spacial score (nSPS) is 15.5. The smallest absolute Gasteiger partial charge is 0.236 e. The molecule has 0 unspecified atom stereocenters. The van der Waals surface area contributed by atoms with Gasteiger partial charge in [-0.25, -0.2) is 4.98 Å². The van der Waals surface area contributed by atoms with Gasteiger partial charge in [-0.2, -0.15) is 0 Å². The summed E-state index contributed by atoms with van der Waals surface area (Å²) in [6.45, 7) is 4.20. The minimum Gasteiger partial charge on any atom is -0.317 e. The zero-order chi connectivity index (χ0) is 16.1. The van der Waals surface area contributed by atoms with Crippen molar-refractivity contribution in [1.29, 1.82) is 0 Å². The number of piperidine rings is 1. The number of nitrogens with one attached hydrogen (secondary N) is 2. The lowest BCUT2D eigenvalue weighted by Gasteiger charge is -2.20. The van der Waals surface area contributed by atoms with Crippen LogP contribution in [0.3, 0.4) is 0 Å². The molecule has 0 aliphatic carbocycles. The summed E-state index contributed by atoms with van der Waals surface area (Å²) >= 11 is 3.18. The number of rotatable bonds is 5. The van der Waals surface area contributed by atoms with E-state index in [1.54, 1.807) is 23.1 Å². The number of hydrogen-bond acceptors (Lipinski definition) is 5. The quantitative estimate of drug-likeness (QED) is 0.811. The van der Waals surface area contributed by atoms with Gasteiger partial charge in [-0.15, -0.1) is 23.1 Å². The van der Waals surface area contributed by atoms with E-state index in [0.29, 0.717) is 16.8 Å². The molecular weight excluding hydrogens is 326 g/mol. The van der Waals surface area contributed by atoms with Crippen molar-refractivity contribution in [1.82, 2.24) is 10.3 Å². The van der Waals surface area contributed by atoms with Crippen LogP contribution in [-0.2, 0) is 4.79 Å². The summed E-state index contributed by atoms with van der Waals surface area (Å²) in [5.41, 5.74) is 1.20. The van der Waals surface area contributed by atoms with Crippen LogP contribution in [0.5, 0.6) is 0 Å². The summed E-state index contributed by atoms with van der Waals surface area (Å²) in [6.07, 6.45) is 4.22. The number of carbonyl (C=O) groups is 1. The highest BCUT2D eigenvalue weighted by molar-refractivity contribution is 8.00. The first-order valence-electron chi connectivity index (χ1n) is 7.87. The molecule has 3 rings (SSSR count). The van der Waals surface area contributed by atoms with E-state index in [1.165, 1.54) is 10.4 Å². The molecule has 0 saturated carbocycles. The summed E-state index contributed by atoms with van der Waals surface area (Å²) in [7, 11) is 0. The second-order valence-electron chi connectivity index (χ2n) is 5.69. The molecule has 1 aromatic carbocycles. The van der Waals surface area contributed by atoms with Crippen LogP contribution in [0.2, 0.25) is 0 Å². The van der Waals surface area contributed by atoms with Gasteiger partial charge in [-0.05, 0) is 50.4 Å². The Balaban J connectivity index is 1.52. The Labute approximate surface area is 145 Å². The molecule has 6 heteroatoms. The first kappa shape index (κ1) is 16.5. The average Bonchev–Trinajstić information content (AvgIpc) is 3.03. The van der Waals surface area contributed by atoms with E-state index < -0.39 is 0 Å². The molecule has 1 fully saturated rings. The lowest BCUT2D eigenvalue weighted by Crippen LogP contribution is -2.26. The van der Waals surface area contributed by atoms with E-state index >= 15 is 0 Å². The Morgan fingerprint density at radius 2 is 2.17 bits per heavy atom. The van der Waals surface area contributed by atoms with Gasteiger partial charge in [0.25, 0.3) is 0 Å². The molecule has 0 spiro atoms. The minimum absolute atomic E-state index is 0.00413. The van der Waals surface area contributed by atoms with Gasteiger partial charge in [-0.1, -0.05) is 18.2 Å². The number of hydrogen-bond donors (Lipinski definition) is 2. The number of carbonyl (C=O) groups excluding carboxylic acids is 1. The highest BCUT2D eigenvalue weighted by Gasteiger charge is 2.18. The number of thiazole rings is 1. The second kappa shape index (κ2) is 7.95. The van der Waals surface area contributed by atoms with Gasteiger partial charge in [0.2, 0.25) is 5.91 Å². The molecule has 0 atom stereocenters. The Hall–Kier alpha value is -1.37. The highest BCUT2D eigenvalue weighted by Crippen LogP contribution is 2.31. The molecule has 1 amide bonds. The van der Waals surface area contributed by atoms with Crippen molar-refractivity contribution in [2.24, 2.45) is 0 Å². The number of thioether (sulfide) groups is 1. The van der Waals surface area contributed by atoms with E-state index in [9.17, 15) is 4.79 Å². The summed E-state index contributed by atoms with van der Waals surface area (Å²) in [6, 6.07) is 8.12. The van der Waals surface area contributed by atoms with Crippen molar-refractivity contribution in [3.63, 3.8) is 0 Å². The van der Waals surface area contributed by atoms with Crippen LogP contribution < -0.4 is 10.6 Å². The van der Waals surface area contributed by atoms with Crippen molar-refractivity contribution < 1.29 is 4.79 Å². The predicted molar refractivity (Wildman–Crippen MR) is 97.5 cm³/mol. The Bertz CT molecular complexity index is 665. The standard InChI is InChI=1S/C17H21N3OS2/c1-12-4-2-3-5-14(12)22-11-16(21)20-17-19-10-15(23-17)13-6-8-18-9-7-13/h2-5,10,13,18H,6-9,11H2,1H3,(H,19,20,21). The molecule has 23 heavy (non-hydrogen) atoms. The molecule has 2 heterocycles. The van der Waals surface area contributed by atoms with Crippen LogP contribution in [0.4, 0.5) is 5.13 Å². The first-order valence-corrected chi connectivity index (χ1v) is 9.67. The van der Waals surface area contributed by atoms with Gasteiger partial charge in [-0.3, -0.25) is 4.79 Å². The van der Waals surface area contributed by atoms with Crippen molar-refractivity contribution >= 4 is 34.1 Å². The van der Waals surface area contributed by atoms with Crippen molar-refractivity contribution in [3.05, 3.63) is 40.9 Å². The maximum absolute atomic E-state index is 12.1. The lowest BCUT2D eigenvalue weighted by atomic mass is 9.97. The molecule has 4 nitrogen and oxygen atoms in total. The third-order valence-electron chi connectivity index (χ3n) is 3.96. The zero-order valence-electron chi connectivity index (χ0n) is 13.2. The minimum atomic E-state index is 0.00413. The number of nitrogens with zero attached hydrogens (tertiary/aromatic N) is 1. The third-order valence-corrected chi connectivity index (χ3v) is 6.21. The maximum atomic E-state index is 12.1. The Morgan fingerprint density at radius 3 is 2.96 bits per heavy atom. The van der Waals surface area contributed by atoms with E-state index in [0.717, 1.165) is 30.8 Å². The summed E-state index contributed by atoms with van der Waals surface area (Å²) in [4.78, 5) is 18.9. The third kappa shape index (κ3) is 4.56. The fourth-order valence-electron chi connectivity index (χ4n) is 2.66. The Morgan fingerprint density at radius 1 is 1.39 bits per heavy atom. The largest absolute Gasteiger partial charge is 0.317 e. The lowest BCUT2D eigenvalue weighted by molar-refractivity contribution is -0.113. The topological polar surface area (TPSA) is 54.0 Å². The molecule has 1 aliphatic heterocycles. The van der Waals surface area contributed by atoms with Crippen molar-refractivity contribution in [3.8, 4) is 0 Å². The van der Waals surface area contributed by atoms with Crippen molar-refractivity contribution in [2.75, 3.05) is 24.2 Å². The highest BCUT2D eigenvalue weighted by atomic mass is 32.2. The van der Waals surface area contributed by atoms with E-state index in [-0.39, 0.29) is 5.91 Å². The SMILES string of the molecule is Cc1ccccc1SCC(=O)Nc1ncc(C2CCNCC2)s1. The fraction of sp³-hybridized carbons (Fsp3) is 0.412. The summed E-state index contributed by atoms with van der Waals surface area (Å²) in [5.74, 6) is 0.998. The van der Waals surface area contributed by atoms with Gasteiger partial charge < -0.3 is 10.6 Å². The van der Waals surface area contributed by atoms with Crippen LogP contribution >= 0.6 is 23.1 Å². The van der Waals surface area contributed by atoms with Gasteiger partial charge in [0.1, 0.15) is 0 Å². The number of aryl methyl sites for hydroxylation is 1. The van der Waals surface area contributed by atoms with Gasteiger partial charge in [0.05, 0.1) is 5.75 Å². The van der Waals surface area contributed by atoms with Crippen LogP contribution in [0.15, 0.2) is 35.4 Å². The zero-order valence-corrected chi connectivity index (χ0v) is 14.8. The van der Waals surface area contributed by atoms with Gasteiger partial charge >= 0.3 is 0 Å². The van der Waals surface area contributed by atoms with Crippen LogP contribution in [0, 0.1) is 6.92 Å². The first-order chi connectivity index (χ1) is 11.2. The summed E-state index contributed by atoms with van der Waals surface area (Å²) in [5, 5.41) is 7.01. The van der Waals surface area contributed by atoms with Crippen molar-refractivity contribution in [2.45, 2.75) is 30.6 Å². The predicted octanol–water partition coefficient (Wildman–Crippen LogP) is 3.65. The average molecular weight is 348 g/mol. The van der Waals surface area contributed by atoms with Gasteiger partial charge in [0, 0.05) is 16.0 Å². The summed E-state index contributed by atoms with van der Waals surface area (Å²) < 4.78 is 0. The molecule has 0 bridgehead atoms. The number of aromatic nitrogens is 1. The molecule has 0 radical (unpaired) electrons. The maximum Gasteiger partial charge on any atom is 0.236 e. The second-order valence-corrected chi connectivity index (χ2v) is 7.77. The molecular formula is C17H21N3OS2.